The predicted molar refractivity (Wildman–Crippen MR) is 81.6 cm³/mol. The minimum atomic E-state index is -0.260. The standard InChI is InChI=1S/C16H19N3O2/c20-16(14-6-5-11-21-14)18-13-7-8-15(17-12-13)19-9-3-1-2-4-10-19/h5-8,11-12H,1-4,9-10H2,(H,18,20). The van der Waals surface area contributed by atoms with Crippen molar-refractivity contribution in [1.82, 2.24) is 4.98 Å². The fourth-order valence-electron chi connectivity index (χ4n) is 2.55. The first-order valence-corrected chi connectivity index (χ1v) is 7.39. The summed E-state index contributed by atoms with van der Waals surface area (Å²) in [6.07, 6.45) is 8.22. The second-order valence-corrected chi connectivity index (χ2v) is 5.24. The maximum atomic E-state index is 11.9. The van der Waals surface area contributed by atoms with Gasteiger partial charge in [0.25, 0.3) is 5.91 Å². The molecule has 5 nitrogen and oxygen atoms in total. The first-order chi connectivity index (χ1) is 10.3. The molecule has 1 aliphatic rings. The molecule has 0 saturated carbocycles. The van der Waals surface area contributed by atoms with Gasteiger partial charge in [-0.25, -0.2) is 4.98 Å². The molecule has 0 radical (unpaired) electrons. The number of pyridine rings is 1. The van der Waals surface area contributed by atoms with Crippen molar-refractivity contribution in [2.75, 3.05) is 23.3 Å². The average molecular weight is 285 g/mol. The summed E-state index contributed by atoms with van der Waals surface area (Å²) < 4.78 is 5.06. The van der Waals surface area contributed by atoms with Gasteiger partial charge in [-0.1, -0.05) is 12.8 Å². The second kappa shape index (κ2) is 6.43. The first kappa shape index (κ1) is 13.7. The van der Waals surface area contributed by atoms with E-state index in [9.17, 15) is 4.79 Å². The summed E-state index contributed by atoms with van der Waals surface area (Å²) in [5, 5.41) is 2.77. The van der Waals surface area contributed by atoms with Gasteiger partial charge in [0.2, 0.25) is 0 Å². The Balaban J connectivity index is 1.65. The number of hydrogen-bond donors (Lipinski definition) is 1. The van der Waals surface area contributed by atoms with Gasteiger partial charge in [-0.2, -0.15) is 0 Å². The van der Waals surface area contributed by atoms with E-state index in [1.807, 2.05) is 12.1 Å². The summed E-state index contributed by atoms with van der Waals surface area (Å²) in [5.41, 5.74) is 0.676. The van der Waals surface area contributed by atoms with Crippen LogP contribution in [-0.4, -0.2) is 24.0 Å². The molecule has 110 valence electrons. The zero-order valence-corrected chi connectivity index (χ0v) is 11.9. The Morgan fingerprint density at radius 1 is 1.14 bits per heavy atom. The molecule has 1 fully saturated rings. The van der Waals surface area contributed by atoms with Crippen LogP contribution < -0.4 is 10.2 Å². The first-order valence-electron chi connectivity index (χ1n) is 7.39. The van der Waals surface area contributed by atoms with Crippen LogP contribution in [0.2, 0.25) is 0 Å². The van der Waals surface area contributed by atoms with E-state index >= 15 is 0 Å². The summed E-state index contributed by atoms with van der Waals surface area (Å²) in [5.74, 6) is 1.02. The highest BCUT2D eigenvalue weighted by Crippen LogP contribution is 2.19. The molecule has 0 aromatic carbocycles. The van der Waals surface area contributed by atoms with E-state index in [0.29, 0.717) is 11.4 Å². The van der Waals surface area contributed by atoms with Crippen molar-refractivity contribution in [2.45, 2.75) is 25.7 Å². The Morgan fingerprint density at radius 2 is 1.95 bits per heavy atom. The lowest BCUT2D eigenvalue weighted by molar-refractivity contribution is 0.0996. The van der Waals surface area contributed by atoms with Crippen molar-refractivity contribution in [2.24, 2.45) is 0 Å². The molecule has 0 unspecified atom stereocenters. The third kappa shape index (κ3) is 3.42. The minimum absolute atomic E-state index is 0.260. The fraction of sp³-hybridized carbons (Fsp3) is 0.375. The van der Waals surface area contributed by atoms with Crippen molar-refractivity contribution in [1.29, 1.82) is 0 Å². The summed E-state index contributed by atoms with van der Waals surface area (Å²) in [6, 6.07) is 7.17. The van der Waals surface area contributed by atoms with Crippen LogP contribution in [0.1, 0.15) is 36.2 Å². The lowest BCUT2D eigenvalue weighted by Gasteiger charge is -2.21. The monoisotopic (exact) mass is 285 g/mol. The van der Waals surface area contributed by atoms with Gasteiger partial charge < -0.3 is 14.6 Å². The quantitative estimate of drug-likeness (QED) is 0.940. The number of rotatable bonds is 3. The molecule has 3 rings (SSSR count). The molecule has 1 amide bonds. The zero-order valence-electron chi connectivity index (χ0n) is 11.9. The smallest absolute Gasteiger partial charge is 0.291 e. The highest BCUT2D eigenvalue weighted by molar-refractivity contribution is 6.02. The molecular weight excluding hydrogens is 266 g/mol. The Bertz CT molecular complexity index is 570. The number of anilines is 2. The van der Waals surface area contributed by atoms with Gasteiger partial charge in [0.05, 0.1) is 18.1 Å². The molecule has 3 heterocycles. The summed E-state index contributed by atoms with van der Waals surface area (Å²) in [7, 11) is 0. The van der Waals surface area contributed by atoms with E-state index in [4.69, 9.17) is 4.42 Å². The van der Waals surface area contributed by atoms with Gasteiger partial charge in [-0.05, 0) is 37.1 Å². The van der Waals surface area contributed by atoms with Crippen LogP contribution in [0.25, 0.3) is 0 Å². The van der Waals surface area contributed by atoms with Crippen molar-refractivity contribution in [3.63, 3.8) is 0 Å². The second-order valence-electron chi connectivity index (χ2n) is 5.24. The van der Waals surface area contributed by atoms with E-state index < -0.39 is 0 Å². The van der Waals surface area contributed by atoms with Crippen molar-refractivity contribution in [3.8, 4) is 0 Å². The van der Waals surface area contributed by atoms with Crippen LogP contribution in [-0.2, 0) is 0 Å². The summed E-state index contributed by atoms with van der Waals surface area (Å²) in [4.78, 5) is 18.6. The van der Waals surface area contributed by atoms with Gasteiger partial charge in [-0.15, -0.1) is 0 Å². The van der Waals surface area contributed by atoms with Gasteiger partial charge in [-0.3, -0.25) is 4.79 Å². The fourth-order valence-corrected chi connectivity index (χ4v) is 2.55. The minimum Gasteiger partial charge on any atom is -0.459 e. The predicted octanol–water partition coefficient (Wildman–Crippen LogP) is 3.31. The van der Waals surface area contributed by atoms with Crippen molar-refractivity contribution in [3.05, 3.63) is 42.5 Å². The molecule has 21 heavy (non-hydrogen) atoms. The van der Waals surface area contributed by atoms with Gasteiger partial charge in [0.15, 0.2) is 5.76 Å². The summed E-state index contributed by atoms with van der Waals surface area (Å²) >= 11 is 0. The van der Waals surface area contributed by atoms with Crippen LogP contribution in [0.15, 0.2) is 41.1 Å². The molecular formula is C16H19N3O2. The molecule has 0 spiro atoms. The Labute approximate surface area is 124 Å². The normalized spacial score (nSPS) is 15.5. The molecule has 1 aliphatic heterocycles. The Morgan fingerprint density at radius 3 is 2.57 bits per heavy atom. The largest absolute Gasteiger partial charge is 0.459 e. The van der Waals surface area contributed by atoms with Gasteiger partial charge in [0.1, 0.15) is 5.82 Å². The lowest BCUT2D eigenvalue weighted by Crippen LogP contribution is -2.24. The Kier molecular flexibility index (Phi) is 4.19. The average Bonchev–Trinajstić information content (AvgIpc) is 2.91. The van der Waals surface area contributed by atoms with Crippen molar-refractivity contribution < 1.29 is 9.21 Å². The van der Waals surface area contributed by atoms with Gasteiger partial charge in [0, 0.05) is 13.1 Å². The highest BCUT2D eigenvalue weighted by atomic mass is 16.3. The van der Waals surface area contributed by atoms with E-state index in [0.717, 1.165) is 18.9 Å². The Hall–Kier alpha value is -2.30. The molecule has 0 atom stereocenters. The van der Waals surface area contributed by atoms with E-state index in [-0.39, 0.29) is 5.91 Å². The van der Waals surface area contributed by atoms with Gasteiger partial charge >= 0.3 is 0 Å². The maximum Gasteiger partial charge on any atom is 0.291 e. The van der Waals surface area contributed by atoms with Crippen molar-refractivity contribution >= 4 is 17.4 Å². The molecule has 0 bridgehead atoms. The topological polar surface area (TPSA) is 58.4 Å². The maximum absolute atomic E-state index is 11.9. The third-order valence-corrected chi connectivity index (χ3v) is 3.68. The van der Waals surface area contributed by atoms with Crippen LogP contribution in [0.3, 0.4) is 0 Å². The SMILES string of the molecule is O=C(Nc1ccc(N2CCCCCC2)nc1)c1ccco1. The molecule has 1 N–H and O–H groups in total. The number of hydrogen-bond acceptors (Lipinski definition) is 4. The van der Waals surface area contributed by atoms with Crippen LogP contribution in [0.5, 0.6) is 0 Å². The molecule has 5 heteroatoms. The van der Waals surface area contributed by atoms with Crippen LogP contribution in [0, 0.1) is 0 Å². The number of nitrogens with one attached hydrogen (secondary N) is 1. The van der Waals surface area contributed by atoms with Crippen LogP contribution in [0.4, 0.5) is 11.5 Å². The number of carbonyl (C=O) groups excluding carboxylic acids is 1. The summed E-state index contributed by atoms with van der Waals surface area (Å²) in [6.45, 7) is 2.12. The number of nitrogens with zero attached hydrogens (tertiary/aromatic N) is 2. The third-order valence-electron chi connectivity index (χ3n) is 3.68. The van der Waals surface area contributed by atoms with E-state index in [1.165, 1.54) is 31.9 Å². The number of aromatic nitrogens is 1. The number of carbonyl (C=O) groups is 1. The lowest BCUT2D eigenvalue weighted by atomic mass is 10.2. The highest BCUT2D eigenvalue weighted by Gasteiger charge is 2.12. The zero-order chi connectivity index (χ0) is 14.5. The number of amides is 1. The molecule has 2 aromatic heterocycles. The van der Waals surface area contributed by atoms with E-state index in [2.05, 4.69) is 15.2 Å². The van der Waals surface area contributed by atoms with E-state index in [1.54, 1.807) is 18.3 Å². The molecule has 1 saturated heterocycles. The molecule has 2 aromatic rings. The van der Waals surface area contributed by atoms with Crippen LogP contribution >= 0.6 is 0 Å². The number of furan rings is 1. The molecule has 0 aliphatic carbocycles.